The van der Waals surface area contributed by atoms with E-state index in [4.69, 9.17) is 9.47 Å². The molecule has 0 saturated heterocycles. The summed E-state index contributed by atoms with van der Waals surface area (Å²) in [5, 5.41) is 15.2. The molecule has 2 N–H and O–H groups in total. The number of amides is 1. The van der Waals surface area contributed by atoms with Gasteiger partial charge in [0.1, 0.15) is 24.7 Å². The number of ether oxygens (including phenoxy) is 2. The van der Waals surface area contributed by atoms with Crippen LogP contribution in [0, 0.1) is 0 Å². The molecule has 0 fully saturated rings. The minimum atomic E-state index is -1.12. The Kier molecular flexibility index (Phi) is 10.1. The van der Waals surface area contributed by atoms with E-state index in [1.807, 2.05) is 114 Å². The Morgan fingerprint density at radius 3 is 2.10 bits per heavy atom. The molecule has 0 bridgehead atoms. The zero-order valence-electron chi connectivity index (χ0n) is 28.3. The third-order valence-electron chi connectivity index (χ3n) is 8.97. The maximum absolute atomic E-state index is 14.4. The van der Waals surface area contributed by atoms with Gasteiger partial charge in [-0.2, -0.15) is 0 Å². The topological polar surface area (TPSA) is 107 Å². The summed E-state index contributed by atoms with van der Waals surface area (Å²) in [7, 11) is 0. The number of nitrogens with zero attached hydrogens (tertiary/aromatic N) is 1. The highest BCUT2D eigenvalue weighted by Gasteiger charge is 2.25. The van der Waals surface area contributed by atoms with Crippen molar-refractivity contribution in [1.82, 2.24) is 4.57 Å². The van der Waals surface area contributed by atoms with Crippen molar-refractivity contribution < 1.29 is 29.0 Å². The van der Waals surface area contributed by atoms with Crippen LogP contribution >= 0.6 is 0 Å². The Hall–Kier alpha value is -6.67. The molecule has 52 heavy (non-hydrogen) atoms. The number of carbonyl (C=O) groups is 3. The highest BCUT2D eigenvalue weighted by molar-refractivity contribution is 6.17. The number of carboxylic acids is 1. The largest absolute Gasteiger partial charge is 0.489 e. The fourth-order valence-electron chi connectivity index (χ4n) is 6.41. The average Bonchev–Trinajstić information content (AvgIpc) is 3.48. The number of hydrogen-bond acceptors (Lipinski definition) is 5. The van der Waals surface area contributed by atoms with Gasteiger partial charge < -0.3 is 24.5 Å². The summed E-state index contributed by atoms with van der Waals surface area (Å²) < 4.78 is 14.7. The van der Waals surface area contributed by atoms with Gasteiger partial charge in [-0.25, -0.2) is 4.79 Å². The minimum Gasteiger partial charge on any atom is -0.489 e. The molecular formula is C44H36N2O6. The van der Waals surface area contributed by atoms with Crippen molar-refractivity contribution in [2.75, 3.05) is 5.32 Å². The van der Waals surface area contributed by atoms with Gasteiger partial charge >= 0.3 is 5.97 Å². The number of para-hydroxylation sites is 1. The van der Waals surface area contributed by atoms with Gasteiger partial charge in [0.05, 0.1) is 22.5 Å². The number of aryl methyl sites for hydroxylation is 1. The van der Waals surface area contributed by atoms with Crippen molar-refractivity contribution in [2.24, 2.45) is 0 Å². The molecule has 7 rings (SSSR count). The first-order valence-corrected chi connectivity index (χ1v) is 17.1. The van der Waals surface area contributed by atoms with Crippen LogP contribution in [0.2, 0.25) is 0 Å². The zero-order valence-corrected chi connectivity index (χ0v) is 28.3. The van der Waals surface area contributed by atoms with E-state index in [1.165, 1.54) is 6.07 Å². The Balaban J connectivity index is 1.24. The molecule has 8 nitrogen and oxygen atoms in total. The Bertz CT molecular complexity index is 2380. The second-order valence-corrected chi connectivity index (χ2v) is 12.4. The molecule has 0 radical (unpaired) electrons. The van der Waals surface area contributed by atoms with E-state index >= 15 is 0 Å². The summed E-state index contributed by atoms with van der Waals surface area (Å²) in [5.41, 5.74) is 3.82. The molecule has 1 amide bonds. The summed E-state index contributed by atoms with van der Waals surface area (Å²) in [6.45, 7) is 0.861. The van der Waals surface area contributed by atoms with Crippen molar-refractivity contribution in [3.05, 3.63) is 174 Å². The molecule has 0 unspecified atom stereocenters. The number of benzene rings is 6. The van der Waals surface area contributed by atoms with Crippen molar-refractivity contribution in [3.63, 3.8) is 0 Å². The summed E-state index contributed by atoms with van der Waals surface area (Å²) >= 11 is 0. The van der Waals surface area contributed by atoms with Gasteiger partial charge in [0.25, 0.3) is 0 Å². The Labute approximate surface area is 300 Å². The maximum atomic E-state index is 14.4. The van der Waals surface area contributed by atoms with Gasteiger partial charge in [-0.05, 0) is 65.2 Å². The third kappa shape index (κ3) is 7.56. The predicted octanol–water partition coefficient (Wildman–Crippen LogP) is 9.30. The van der Waals surface area contributed by atoms with E-state index < -0.39 is 5.97 Å². The number of rotatable bonds is 14. The van der Waals surface area contributed by atoms with Crippen LogP contribution in [0.25, 0.3) is 21.7 Å². The highest BCUT2D eigenvalue weighted by Crippen LogP contribution is 2.34. The van der Waals surface area contributed by atoms with Gasteiger partial charge in [-0.1, -0.05) is 103 Å². The number of aromatic carboxylic acids is 1. The summed E-state index contributed by atoms with van der Waals surface area (Å²) in [4.78, 5) is 39.2. The molecule has 6 aromatic carbocycles. The van der Waals surface area contributed by atoms with Gasteiger partial charge in [0.2, 0.25) is 5.91 Å². The molecule has 1 aromatic heterocycles. The van der Waals surface area contributed by atoms with Crippen LogP contribution in [-0.4, -0.2) is 27.3 Å². The minimum absolute atomic E-state index is 0.0229. The van der Waals surface area contributed by atoms with Crippen LogP contribution in [-0.2, 0) is 24.6 Å². The average molecular weight is 689 g/mol. The van der Waals surface area contributed by atoms with Gasteiger partial charge in [0.15, 0.2) is 5.78 Å². The molecule has 8 heteroatoms. The molecule has 0 aliphatic carbocycles. The first kappa shape index (κ1) is 33.8. The molecule has 0 aliphatic rings. The standard InChI is InChI=1S/C44H36N2O6/c47-41(45-38-19-10-9-18-36(38)44(49)50)20-11-25-46-39-24-23-35(51-28-30-12-3-1-4-13-30)27-37(39)42(43(48)32-15-5-2-6-16-32)40(46)29-52-34-22-21-31-14-7-8-17-33(31)26-34/h1-10,12-19,21-24,26-27H,11,20,25,28-29H2,(H,45,47)(H,49,50). The molecule has 0 aliphatic heterocycles. The number of fused-ring (bicyclic) bond motifs is 2. The molecule has 0 spiro atoms. The van der Waals surface area contributed by atoms with E-state index in [-0.39, 0.29) is 36.0 Å². The monoisotopic (exact) mass is 688 g/mol. The number of aromatic nitrogens is 1. The first-order valence-electron chi connectivity index (χ1n) is 17.1. The van der Waals surface area contributed by atoms with E-state index in [1.54, 1.807) is 30.3 Å². The molecule has 7 aromatic rings. The molecule has 1 heterocycles. The first-order chi connectivity index (χ1) is 25.4. The molecule has 258 valence electrons. The van der Waals surface area contributed by atoms with Crippen LogP contribution in [0.5, 0.6) is 11.5 Å². The van der Waals surface area contributed by atoms with Gasteiger partial charge in [0, 0.05) is 29.4 Å². The van der Waals surface area contributed by atoms with Crippen molar-refractivity contribution in [1.29, 1.82) is 0 Å². The number of hydrogen-bond donors (Lipinski definition) is 2. The van der Waals surface area contributed by atoms with Crippen LogP contribution in [0.15, 0.2) is 146 Å². The number of nitrogens with one attached hydrogen (secondary N) is 1. The van der Waals surface area contributed by atoms with Crippen LogP contribution in [0.1, 0.15) is 50.4 Å². The second kappa shape index (κ2) is 15.5. The fraction of sp³-hybridized carbons (Fsp3) is 0.114. The van der Waals surface area contributed by atoms with Crippen molar-refractivity contribution in [2.45, 2.75) is 32.6 Å². The van der Waals surface area contributed by atoms with E-state index in [0.717, 1.165) is 27.2 Å². The third-order valence-corrected chi connectivity index (χ3v) is 8.97. The quantitative estimate of drug-likeness (QED) is 0.110. The van der Waals surface area contributed by atoms with E-state index in [2.05, 4.69) is 5.32 Å². The van der Waals surface area contributed by atoms with Crippen molar-refractivity contribution in [3.8, 4) is 11.5 Å². The van der Waals surface area contributed by atoms with Crippen LogP contribution in [0.3, 0.4) is 0 Å². The zero-order chi connectivity index (χ0) is 35.9. The lowest BCUT2D eigenvalue weighted by molar-refractivity contribution is -0.116. The molecular weight excluding hydrogens is 652 g/mol. The highest BCUT2D eigenvalue weighted by atomic mass is 16.5. The second-order valence-electron chi connectivity index (χ2n) is 12.4. The predicted molar refractivity (Wildman–Crippen MR) is 202 cm³/mol. The summed E-state index contributed by atoms with van der Waals surface area (Å²) in [6, 6.07) is 45.0. The lowest BCUT2D eigenvalue weighted by Crippen LogP contribution is -2.16. The van der Waals surface area contributed by atoms with E-state index in [9.17, 15) is 19.5 Å². The Morgan fingerprint density at radius 1 is 0.654 bits per heavy atom. The van der Waals surface area contributed by atoms with Crippen LogP contribution in [0.4, 0.5) is 5.69 Å². The lowest BCUT2D eigenvalue weighted by atomic mass is 10.00. The summed E-state index contributed by atoms with van der Waals surface area (Å²) in [5.74, 6) is -0.291. The van der Waals surface area contributed by atoms with Crippen molar-refractivity contribution >= 4 is 45.0 Å². The molecule has 0 saturated carbocycles. The van der Waals surface area contributed by atoms with Gasteiger partial charge in [-0.3, -0.25) is 9.59 Å². The number of ketones is 1. The van der Waals surface area contributed by atoms with Gasteiger partial charge in [-0.15, -0.1) is 0 Å². The Morgan fingerprint density at radius 2 is 1.31 bits per heavy atom. The number of anilines is 1. The SMILES string of the molecule is O=C(CCCn1c(COc2ccc3ccccc3c2)c(C(=O)c2ccccc2)c2cc(OCc3ccccc3)ccc21)Nc1ccccc1C(=O)O. The summed E-state index contributed by atoms with van der Waals surface area (Å²) in [6.07, 6.45) is 0.540. The fourth-order valence-corrected chi connectivity index (χ4v) is 6.41. The maximum Gasteiger partial charge on any atom is 0.337 e. The molecule has 0 atom stereocenters. The smallest absolute Gasteiger partial charge is 0.337 e. The van der Waals surface area contributed by atoms with Crippen LogP contribution < -0.4 is 14.8 Å². The lowest BCUT2D eigenvalue weighted by Gasteiger charge is -2.14. The number of carboxylic acid groups (broad SMARTS) is 1. The van der Waals surface area contributed by atoms with E-state index in [0.29, 0.717) is 47.9 Å². The normalized spacial score (nSPS) is 11.0. The number of carbonyl (C=O) groups excluding carboxylic acids is 2.